The van der Waals surface area contributed by atoms with Gasteiger partial charge < -0.3 is 10.4 Å². The molecule has 0 bridgehead atoms. The summed E-state index contributed by atoms with van der Waals surface area (Å²) in [7, 11) is -1.25. The molecule has 1 heterocycles. The molecule has 2 aromatic rings. The summed E-state index contributed by atoms with van der Waals surface area (Å²) >= 11 is 0. The Morgan fingerprint density at radius 1 is 1.05 bits per heavy atom. The van der Waals surface area contributed by atoms with Gasteiger partial charge in [0.2, 0.25) is 0 Å². The standard InChI is InChI=1S/C19H23NOS/c1-22(16-9-4-2-5-10-16,17-11-6-3-7-12-17)15-19(21)18-13-8-14-20-18/h2-12,14,18-21H,13,15H2,1H3/t18-,19+/m0/s1. The molecule has 2 atom stereocenters. The van der Waals surface area contributed by atoms with E-state index in [-0.39, 0.29) is 12.1 Å². The van der Waals surface area contributed by atoms with Crippen molar-refractivity contribution in [2.75, 3.05) is 12.0 Å². The lowest BCUT2D eigenvalue weighted by atomic mass is 10.1. The molecule has 2 N–H and O–H groups in total. The third kappa shape index (κ3) is 3.06. The summed E-state index contributed by atoms with van der Waals surface area (Å²) in [5, 5.41) is 14.0. The van der Waals surface area contributed by atoms with Gasteiger partial charge in [0, 0.05) is 5.75 Å². The van der Waals surface area contributed by atoms with Crippen molar-refractivity contribution in [3.05, 3.63) is 72.9 Å². The first-order valence-corrected chi connectivity index (χ1v) is 9.86. The summed E-state index contributed by atoms with van der Waals surface area (Å²) < 4.78 is 0. The molecule has 0 amide bonds. The quantitative estimate of drug-likeness (QED) is 0.880. The molecule has 3 heteroatoms. The normalized spacial score (nSPS) is 19.6. The van der Waals surface area contributed by atoms with Crippen LogP contribution in [0.5, 0.6) is 0 Å². The predicted molar refractivity (Wildman–Crippen MR) is 94.5 cm³/mol. The minimum Gasteiger partial charge on any atom is -0.390 e. The fourth-order valence-electron chi connectivity index (χ4n) is 2.97. The molecular weight excluding hydrogens is 290 g/mol. The number of aliphatic hydroxyl groups is 1. The number of hydrogen-bond acceptors (Lipinski definition) is 2. The second-order valence-electron chi connectivity index (χ2n) is 5.86. The zero-order valence-corrected chi connectivity index (χ0v) is 13.7. The van der Waals surface area contributed by atoms with Crippen LogP contribution < -0.4 is 5.32 Å². The van der Waals surface area contributed by atoms with Gasteiger partial charge >= 0.3 is 0 Å². The maximum absolute atomic E-state index is 10.7. The molecular formula is C19H23NOS. The molecule has 0 saturated carbocycles. The minimum atomic E-state index is -1.25. The topological polar surface area (TPSA) is 32.3 Å². The van der Waals surface area contributed by atoms with Gasteiger partial charge in [0.05, 0.1) is 12.1 Å². The van der Waals surface area contributed by atoms with Crippen LogP contribution in [-0.2, 0) is 0 Å². The molecule has 116 valence electrons. The van der Waals surface area contributed by atoms with E-state index in [1.54, 1.807) is 0 Å². The van der Waals surface area contributed by atoms with Gasteiger partial charge in [0.25, 0.3) is 0 Å². The summed E-state index contributed by atoms with van der Waals surface area (Å²) in [4.78, 5) is 2.65. The fourth-order valence-corrected chi connectivity index (χ4v) is 6.06. The highest BCUT2D eigenvalue weighted by Crippen LogP contribution is 2.59. The van der Waals surface area contributed by atoms with E-state index in [1.165, 1.54) is 9.79 Å². The van der Waals surface area contributed by atoms with Crippen LogP contribution in [0.4, 0.5) is 0 Å². The number of benzene rings is 2. The molecule has 0 fully saturated rings. The van der Waals surface area contributed by atoms with Crippen LogP contribution in [0.25, 0.3) is 0 Å². The zero-order valence-electron chi connectivity index (χ0n) is 12.9. The lowest BCUT2D eigenvalue weighted by Gasteiger charge is -2.40. The molecule has 3 rings (SSSR count). The summed E-state index contributed by atoms with van der Waals surface area (Å²) in [6.07, 6.45) is 6.90. The Morgan fingerprint density at radius 2 is 1.59 bits per heavy atom. The van der Waals surface area contributed by atoms with Crippen molar-refractivity contribution in [1.29, 1.82) is 0 Å². The summed E-state index contributed by atoms with van der Waals surface area (Å²) in [5.41, 5.74) is 0. The highest BCUT2D eigenvalue weighted by Gasteiger charge is 2.30. The smallest absolute Gasteiger partial charge is 0.0825 e. The largest absolute Gasteiger partial charge is 0.390 e. The van der Waals surface area contributed by atoms with Gasteiger partial charge in [0.15, 0.2) is 0 Å². The van der Waals surface area contributed by atoms with E-state index < -0.39 is 10.0 Å². The third-order valence-electron chi connectivity index (χ3n) is 4.31. The Hall–Kier alpha value is -1.71. The second-order valence-corrected chi connectivity index (χ2v) is 9.31. The van der Waals surface area contributed by atoms with Gasteiger partial charge in [0.1, 0.15) is 0 Å². The van der Waals surface area contributed by atoms with Gasteiger partial charge in [-0.25, -0.2) is 0 Å². The first-order valence-electron chi connectivity index (χ1n) is 7.65. The minimum absolute atomic E-state index is 0.138. The molecule has 1 aliphatic heterocycles. The Labute approximate surface area is 134 Å². The average Bonchev–Trinajstić information content (AvgIpc) is 3.11. The van der Waals surface area contributed by atoms with Crippen molar-refractivity contribution in [2.24, 2.45) is 0 Å². The lowest BCUT2D eigenvalue weighted by Crippen LogP contribution is -2.37. The lowest BCUT2D eigenvalue weighted by molar-refractivity contribution is 0.160. The van der Waals surface area contributed by atoms with E-state index in [9.17, 15) is 5.11 Å². The van der Waals surface area contributed by atoms with Crippen LogP contribution in [0.3, 0.4) is 0 Å². The van der Waals surface area contributed by atoms with Crippen molar-refractivity contribution in [1.82, 2.24) is 5.32 Å². The predicted octanol–water partition coefficient (Wildman–Crippen LogP) is 3.78. The first-order chi connectivity index (χ1) is 10.7. The van der Waals surface area contributed by atoms with Crippen LogP contribution in [0.15, 0.2) is 82.7 Å². The number of aliphatic hydroxyl groups excluding tert-OH is 1. The third-order valence-corrected chi connectivity index (χ3v) is 7.95. The molecule has 0 aromatic heterocycles. The fraction of sp³-hybridized carbons (Fsp3) is 0.263. The number of hydrogen-bond donors (Lipinski definition) is 2. The maximum atomic E-state index is 10.7. The summed E-state index contributed by atoms with van der Waals surface area (Å²) in [5.74, 6) is 0.778. The molecule has 22 heavy (non-hydrogen) atoms. The molecule has 2 aromatic carbocycles. The maximum Gasteiger partial charge on any atom is 0.0825 e. The van der Waals surface area contributed by atoms with E-state index in [0.717, 1.165) is 12.2 Å². The Balaban J connectivity index is 1.93. The number of rotatable bonds is 5. The van der Waals surface area contributed by atoms with E-state index in [1.807, 2.05) is 18.3 Å². The molecule has 0 saturated heterocycles. The van der Waals surface area contributed by atoms with Gasteiger partial charge in [-0.3, -0.25) is 0 Å². The van der Waals surface area contributed by atoms with Gasteiger partial charge in [-0.2, -0.15) is 10.0 Å². The van der Waals surface area contributed by atoms with Gasteiger partial charge in [-0.05, 0) is 52.9 Å². The van der Waals surface area contributed by atoms with E-state index in [2.05, 4.69) is 66.2 Å². The van der Waals surface area contributed by atoms with Crippen molar-refractivity contribution < 1.29 is 5.11 Å². The first kappa shape index (κ1) is 15.2. The molecule has 1 aliphatic rings. The Kier molecular flexibility index (Phi) is 4.55. The molecule has 0 unspecified atom stereocenters. The SMILES string of the molecule is CS(C[C@@H](O)[C@@H]1CC=CN1)(c1ccccc1)c1ccccc1. The van der Waals surface area contributed by atoms with Crippen LogP contribution in [0.1, 0.15) is 6.42 Å². The van der Waals surface area contributed by atoms with Crippen molar-refractivity contribution in [3.63, 3.8) is 0 Å². The van der Waals surface area contributed by atoms with Crippen molar-refractivity contribution >= 4 is 10.0 Å². The number of nitrogens with one attached hydrogen (secondary N) is 1. The Morgan fingerprint density at radius 3 is 2.05 bits per heavy atom. The molecule has 0 spiro atoms. The second kappa shape index (κ2) is 6.59. The van der Waals surface area contributed by atoms with E-state index in [0.29, 0.717) is 0 Å². The Bertz CT molecular complexity index is 579. The molecule has 0 radical (unpaired) electrons. The van der Waals surface area contributed by atoms with Crippen molar-refractivity contribution in [3.8, 4) is 0 Å². The summed E-state index contributed by atoms with van der Waals surface area (Å²) in [6, 6.07) is 21.3. The van der Waals surface area contributed by atoms with E-state index in [4.69, 9.17) is 0 Å². The van der Waals surface area contributed by atoms with Gasteiger partial charge in [-0.1, -0.05) is 42.5 Å². The summed E-state index contributed by atoms with van der Waals surface area (Å²) in [6.45, 7) is 0. The van der Waals surface area contributed by atoms with Crippen LogP contribution in [0.2, 0.25) is 0 Å². The van der Waals surface area contributed by atoms with Gasteiger partial charge in [-0.15, -0.1) is 0 Å². The monoisotopic (exact) mass is 313 g/mol. The van der Waals surface area contributed by atoms with Crippen LogP contribution >= 0.6 is 10.0 Å². The average molecular weight is 313 g/mol. The van der Waals surface area contributed by atoms with E-state index >= 15 is 0 Å². The van der Waals surface area contributed by atoms with Crippen molar-refractivity contribution in [2.45, 2.75) is 28.4 Å². The van der Waals surface area contributed by atoms with Crippen LogP contribution in [0, 0.1) is 0 Å². The molecule has 2 nitrogen and oxygen atoms in total. The zero-order chi connectivity index (χ0) is 15.4. The highest BCUT2D eigenvalue weighted by molar-refractivity contribution is 8.33. The van der Waals surface area contributed by atoms with Crippen LogP contribution in [-0.4, -0.2) is 29.3 Å². The molecule has 0 aliphatic carbocycles. The highest BCUT2D eigenvalue weighted by atomic mass is 32.3.